The van der Waals surface area contributed by atoms with E-state index in [1.165, 1.54) is 4.90 Å². The average molecular weight is 380 g/mol. The average Bonchev–Trinajstić information content (AvgIpc) is 2.62. The Labute approximate surface area is 161 Å². The molecular weight excluding hydrogens is 350 g/mol. The van der Waals surface area contributed by atoms with E-state index in [4.69, 9.17) is 11.6 Å². The van der Waals surface area contributed by atoms with Crippen molar-refractivity contribution in [1.29, 1.82) is 0 Å². The largest absolute Gasteiger partial charge is 0.465 e. The van der Waals surface area contributed by atoms with Crippen molar-refractivity contribution in [3.8, 4) is 0 Å². The zero-order valence-electron chi connectivity index (χ0n) is 16.1. The van der Waals surface area contributed by atoms with E-state index >= 15 is 0 Å². The Bertz CT molecular complexity index is 655. The highest BCUT2D eigenvalue weighted by Gasteiger charge is 2.25. The summed E-state index contributed by atoms with van der Waals surface area (Å²) in [5.41, 5.74) is 2.99. The number of aliphatic hydroxyl groups is 1. The number of aliphatic hydroxyl groups excluding tert-OH is 1. The van der Waals surface area contributed by atoms with Crippen LogP contribution in [0.25, 0.3) is 0 Å². The Kier molecular flexibility index (Phi) is 9.46. The van der Waals surface area contributed by atoms with Gasteiger partial charge in [0.25, 0.3) is 0 Å². The van der Waals surface area contributed by atoms with Crippen molar-refractivity contribution >= 4 is 17.7 Å². The fraction of sp³-hybridized carbons (Fsp3) is 0.476. The molecule has 0 aliphatic heterocycles. The quantitative estimate of drug-likeness (QED) is 0.559. The van der Waals surface area contributed by atoms with Crippen molar-refractivity contribution in [2.45, 2.75) is 46.6 Å². The van der Waals surface area contributed by atoms with Gasteiger partial charge < -0.3 is 15.1 Å². The molecule has 0 bridgehead atoms. The summed E-state index contributed by atoms with van der Waals surface area (Å²) in [6.07, 6.45) is 5.99. The predicted octanol–water partition coefficient (Wildman–Crippen LogP) is 5.46. The van der Waals surface area contributed by atoms with Crippen LogP contribution < -0.4 is 0 Å². The standard InChI is InChI=1S/C21H30ClNO3/c1-5-8-16(6-2)20(15(4)11-12-23(7-3)21(25)26)19-10-9-18(22)13-17(19)14-24/h5-6,8-10,13,15,20,24H,7,11-12,14H2,1-4H3,(H,25,26)/b8-5-,16-6+. The first-order valence-electron chi connectivity index (χ1n) is 9.05. The van der Waals surface area contributed by atoms with Crippen LogP contribution in [0.5, 0.6) is 0 Å². The number of nitrogens with zero attached hydrogens (tertiary/aromatic N) is 1. The molecule has 26 heavy (non-hydrogen) atoms. The van der Waals surface area contributed by atoms with Gasteiger partial charge in [-0.3, -0.25) is 0 Å². The number of halogens is 1. The molecule has 0 saturated heterocycles. The highest BCUT2D eigenvalue weighted by atomic mass is 35.5. The molecule has 0 spiro atoms. The molecule has 4 nitrogen and oxygen atoms in total. The molecule has 0 radical (unpaired) electrons. The third kappa shape index (κ3) is 5.89. The third-order valence-corrected chi connectivity index (χ3v) is 4.97. The molecule has 1 amide bonds. The molecule has 0 saturated carbocycles. The summed E-state index contributed by atoms with van der Waals surface area (Å²) in [4.78, 5) is 12.7. The SMILES string of the molecule is C/C=C\C(=C/C)C(c1ccc(Cl)cc1CO)C(C)CCN(CC)C(=O)O. The van der Waals surface area contributed by atoms with Gasteiger partial charge in [0.05, 0.1) is 6.61 Å². The van der Waals surface area contributed by atoms with Crippen molar-refractivity contribution in [3.05, 3.63) is 58.1 Å². The number of carboxylic acid groups (broad SMARTS) is 1. The van der Waals surface area contributed by atoms with Crippen LogP contribution in [0.15, 0.2) is 42.0 Å². The summed E-state index contributed by atoms with van der Waals surface area (Å²) in [5.74, 6) is 0.250. The van der Waals surface area contributed by atoms with E-state index in [2.05, 4.69) is 19.1 Å². The molecule has 1 rings (SSSR count). The van der Waals surface area contributed by atoms with Gasteiger partial charge in [-0.2, -0.15) is 0 Å². The highest BCUT2D eigenvalue weighted by molar-refractivity contribution is 6.30. The molecule has 0 aliphatic rings. The van der Waals surface area contributed by atoms with Crippen molar-refractivity contribution in [2.24, 2.45) is 5.92 Å². The van der Waals surface area contributed by atoms with Gasteiger partial charge in [-0.25, -0.2) is 4.79 Å². The van der Waals surface area contributed by atoms with Gasteiger partial charge in [0.2, 0.25) is 0 Å². The van der Waals surface area contributed by atoms with Gasteiger partial charge in [0.1, 0.15) is 0 Å². The minimum Gasteiger partial charge on any atom is -0.465 e. The van der Waals surface area contributed by atoms with Gasteiger partial charge >= 0.3 is 6.09 Å². The summed E-state index contributed by atoms with van der Waals surface area (Å²) in [6, 6.07) is 5.61. The predicted molar refractivity (Wildman–Crippen MR) is 108 cm³/mol. The molecule has 0 fully saturated rings. The number of carbonyl (C=O) groups is 1. The summed E-state index contributed by atoms with van der Waals surface area (Å²) >= 11 is 6.10. The van der Waals surface area contributed by atoms with Crippen LogP contribution in [0.2, 0.25) is 5.02 Å². The lowest BCUT2D eigenvalue weighted by molar-refractivity contribution is 0.144. The van der Waals surface area contributed by atoms with Crippen LogP contribution >= 0.6 is 11.6 Å². The Morgan fingerprint density at radius 3 is 2.54 bits per heavy atom. The van der Waals surface area contributed by atoms with Crippen LogP contribution in [0.1, 0.15) is 51.2 Å². The molecule has 1 aromatic rings. The second-order valence-electron chi connectivity index (χ2n) is 6.40. The first-order chi connectivity index (χ1) is 12.4. The number of benzene rings is 1. The first kappa shape index (κ1) is 22.3. The normalized spacial score (nSPS) is 14.5. The van der Waals surface area contributed by atoms with Crippen molar-refractivity contribution in [3.63, 3.8) is 0 Å². The fourth-order valence-electron chi connectivity index (χ4n) is 3.32. The summed E-state index contributed by atoms with van der Waals surface area (Å²) in [5, 5.41) is 19.7. The number of hydrogen-bond donors (Lipinski definition) is 2. The highest BCUT2D eigenvalue weighted by Crippen LogP contribution is 2.37. The monoisotopic (exact) mass is 379 g/mol. The van der Waals surface area contributed by atoms with E-state index in [1.807, 2.05) is 39.0 Å². The zero-order valence-corrected chi connectivity index (χ0v) is 16.8. The van der Waals surface area contributed by atoms with E-state index in [0.717, 1.165) is 23.1 Å². The van der Waals surface area contributed by atoms with Crippen LogP contribution in [0.4, 0.5) is 4.79 Å². The Balaban J connectivity index is 3.23. The molecule has 0 heterocycles. The molecule has 2 N–H and O–H groups in total. The molecule has 5 heteroatoms. The topological polar surface area (TPSA) is 60.8 Å². The van der Waals surface area contributed by atoms with E-state index in [9.17, 15) is 15.0 Å². The number of rotatable bonds is 9. The first-order valence-corrected chi connectivity index (χ1v) is 9.43. The van der Waals surface area contributed by atoms with Crippen LogP contribution in [0.3, 0.4) is 0 Å². The van der Waals surface area contributed by atoms with Crippen molar-refractivity contribution in [1.82, 2.24) is 4.90 Å². The Hall–Kier alpha value is -1.78. The molecule has 1 aromatic carbocycles. The zero-order chi connectivity index (χ0) is 19.7. The van der Waals surface area contributed by atoms with E-state index in [-0.39, 0.29) is 18.4 Å². The number of amides is 1. The lowest BCUT2D eigenvalue weighted by Crippen LogP contribution is -2.31. The fourth-order valence-corrected chi connectivity index (χ4v) is 3.51. The number of allylic oxidation sites excluding steroid dienone is 4. The third-order valence-electron chi connectivity index (χ3n) is 4.74. The second-order valence-corrected chi connectivity index (χ2v) is 6.83. The van der Waals surface area contributed by atoms with Gasteiger partial charge in [-0.05, 0) is 61.9 Å². The van der Waals surface area contributed by atoms with Crippen LogP contribution in [0, 0.1) is 5.92 Å². The summed E-state index contributed by atoms with van der Waals surface area (Å²) < 4.78 is 0. The molecule has 2 atom stereocenters. The van der Waals surface area contributed by atoms with E-state index in [0.29, 0.717) is 18.1 Å². The van der Waals surface area contributed by atoms with Crippen LogP contribution in [-0.2, 0) is 6.61 Å². The summed E-state index contributed by atoms with van der Waals surface area (Å²) in [6.45, 7) is 8.82. The lowest BCUT2D eigenvalue weighted by atomic mass is 9.77. The smallest absolute Gasteiger partial charge is 0.407 e. The molecule has 144 valence electrons. The van der Waals surface area contributed by atoms with Crippen molar-refractivity contribution < 1.29 is 15.0 Å². The molecule has 2 unspecified atom stereocenters. The Morgan fingerprint density at radius 1 is 1.35 bits per heavy atom. The van der Waals surface area contributed by atoms with Gasteiger partial charge in [-0.15, -0.1) is 0 Å². The summed E-state index contributed by atoms with van der Waals surface area (Å²) in [7, 11) is 0. The lowest BCUT2D eigenvalue weighted by Gasteiger charge is -2.29. The molecular formula is C21H30ClNO3. The second kappa shape index (κ2) is 11.0. The minimum absolute atomic E-state index is 0.0584. The molecule has 0 aromatic heterocycles. The minimum atomic E-state index is -0.890. The van der Waals surface area contributed by atoms with E-state index < -0.39 is 6.09 Å². The maximum atomic E-state index is 11.3. The molecule has 0 aliphatic carbocycles. The maximum absolute atomic E-state index is 11.3. The van der Waals surface area contributed by atoms with Gasteiger partial charge in [0.15, 0.2) is 0 Å². The van der Waals surface area contributed by atoms with E-state index in [1.54, 1.807) is 6.07 Å². The maximum Gasteiger partial charge on any atom is 0.407 e. The van der Waals surface area contributed by atoms with Crippen LogP contribution in [-0.4, -0.2) is 34.3 Å². The number of hydrogen-bond acceptors (Lipinski definition) is 2. The van der Waals surface area contributed by atoms with Gasteiger partial charge in [0, 0.05) is 24.0 Å². The Morgan fingerprint density at radius 2 is 2.04 bits per heavy atom. The van der Waals surface area contributed by atoms with Crippen molar-refractivity contribution in [2.75, 3.05) is 13.1 Å². The van der Waals surface area contributed by atoms with Gasteiger partial charge in [-0.1, -0.05) is 42.8 Å².